The first-order valence-corrected chi connectivity index (χ1v) is 5.87. The van der Waals surface area contributed by atoms with Crippen LogP contribution < -0.4 is 4.74 Å². The van der Waals surface area contributed by atoms with E-state index in [4.69, 9.17) is 16.3 Å². The highest BCUT2D eigenvalue weighted by molar-refractivity contribution is 6.28. The summed E-state index contributed by atoms with van der Waals surface area (Å²) in [4.78, 5) is 0. The van der Waals surface area contributed by atoms with Gasteiger partial charge in [0.25, 0.3) is 0 Å². The molecule has 0 radical (unpaired) electrons. The van der Waals surface area contributed by atoms with Gasteiger partial charge in [-0.2, -0.15) is 0 Å². The lowest BCUT2D eigenvalue weighted by Crippen LogP contribution is -2.05. The van der Waals surface area contributed by atoms with Gasteiger partial charge in [-0.25, -0.2) is 4.39 Å². The van der Waals surface area contributed by atoms with Crippen LogP contribution in [-0.2, 0) is 0 Å². The summed E-state index contributed by atoms with van der Waals surface area (Å²) < 4.78 is 20.5. The van der Waals surface area contributed by atoms with E-state index < -0.39 is 5.82 Å². The maximum absolute atomic E-state index is 13.9. The van der Waals surface area contributed by atoms with Gasteiger partial charge in [-0.15, -0.1) is 10.2 Å². The summed E-state index contributed by atoms with van der Waals surface area (Å²) in [6, 6.07) is 4.44. The third kappa shape index (κ3) is 2.18. The minimum absolute atomic E-state index is 0.0793. The SMILES string of the molecule is COc1ccc(F)c(-n2c(Cl)nnc2C(C)C)c1. The summed E-state index contributed by atoms with van der Waals surface area (Å²) in [5.41, 5.74) is 0.285. The van der Waals surface area contributed by atoms with Gasteiger partial charge < -0.3 is 4.74 Å². The Morgan fingerprint density at radius 3 is 2.67 bits per heavy atom. The number of rotatable bonds is 3. The summed E-state index contributed by atoms with van der Waals surface area (Å²) in [6.07, 6.45) is 0. The fourth-order valence-electron chi connectivity index (χ4n) is 1.66. The first-order valence-electron chi connectivity index (χ1n) is 5.49. The van der Waals surface area contributed by atoms with Gasteiger partial charge in [-0.1, -0.05) is 13.8 Å². The van der Waals surface area contributed by atoms with Gasteiger partial charge in [0.1, 0.15) is 17.4 Å². The van der Waals surface area contributed by atoms with E-state index >= 15 is 0 Å². The zero-order chi connectivity index (χ0) is 13.3. The van der Waals surface area contributed by atoms with Crippen LogP contribution in [-0.4, -0.2) is 21.9 Å². The Morgan fingerprint density at radius 1 is 1.33 bits per heavy atom. The van der Waals surface area contributed by atoms with Crippen LogP contribution in [0.2, 0.25) is 5.28 Å². The third-order valence-electron chi connectivity index (χ3n) is 2.56. The Bertz CT molecular complexity index is 568. The topological polar surface area (TPSA) is 39.9 Å². The molecule has 1 aromatic carbocycles. The third-order valence-corrected chi connectivity index (χ3v) is 2.80. The van der Waals surface area contributed by atoms with Crippen LogP contribution in [0.15, 0.2) is 18.2 Å². The van der Waals surface area contributed by atoms with Gasteiger partial charge in [0, 0.05) is 12.0 Å². The average molecular weight is 270 g/mol. The molecule has 0 aliphatic rings. The van der Waals surface area contributed by atoms with Crippen molar-refractivity contribution in [1.29, 1.82) is 0 Å². The van der Waals surface area contributed by atoms with Crippen molar-refractivity contribution in [2.75, 3.05) is 7.11 Å². The molecule has 0 N–H and O–H groups in total. The van der Waals surface area contributed by atoms with E-state index in [0.29, 0.717) is 11.6 Å². The first kappa shape index (κ1) is 12.8. The van der Waals surface area contributed by atoms with E-state index in [9.17, 15) is 4.39 Å². The molecular formula is C12H13ClFN3O. The Labute approximate surface area is 109 Å². The summed E-state index contributed by atoms with van der Waals surface area (Å²) in [6.45, 7) is 3.88. The maximum atomic E-state index is 13.9. The number of halogens is 2. The zero-order valence-electron chi connectivity index (χ0n) is 10.3. The van der Waals surface area contributed by atoms with Crippen molar-refractivity contribution in [2.24, 2.45) is 0 Å². The minimum Gasteiger partial charge on any atom is -0.497 e. The molecule has 0 bridgehead atoms. The molecule has 0 spiro atoms. The van der Waals surface area contributed by atoms with Crippen LogP contribution in [0, 0.1) is 5.82 Å². The van der Waals surface area contributed by atoms with E-state index in [1.807, 2.05) is 13.8 Å². The van der Waals surface area contributed by atoms with Crippen LogP contribution in [0.25, 0.3) is 5.69 Å². The predicted octanol–water partition coefficient (Wildman–Crippen LogP) is 3.19. The van der Waals surface area contributed by atoms with E-state index in [1.54, 1.807) is 12.1 Å². The minimum atomic E-state index is -0.403. The molecule has 0 amide bonds. The van der Waals surface area contributed by atoms with Gasteiger partial charge in [-0.3, -0.25) is 4.57 Å². The molecule has 18 heavy (non-hydrogen) atoms. The number of aromatic nitrogens is 3. The van der Waals surface area contributed by atoms with Crippen molar-refractivity contribution in [1.82, 2.24) is 14.8 Å². The molecule has 0 unspecified atom stereocenters. The molecule has 0 saturated carbocycles. The Kier molecular flexibility index (Phi) is 3.52. The second-order valence-electron chi connectivity index (χ2n) is 4.13. The fourth-order valence-corrected chi connectivity index (χ4v) is 1.88. The second-order valence-corrected chi connectivity index (χ2v) is 4.47. The predicted molar refractivity (Wildman–Crippen MR) is 67.0 cm³/mol. The number of methoxy groups -OCH3 is 1. The van der Waals surface area contributed by atoms with Crippen molar-refractivity contribution in [2.45, 2.75) is 19.8 Å². The van der Waals surface area contributed by atoms with Gasteiger partial charge >= 0.3 is 0 Å². The molecule has 6 heteroatoms. The Hall–Kier alpha value is -1.62. The molecule has 0 saturated heterocycles. The largest absolute Gasteiger partial charge is 0.497 e. The maximum Gasteiger partial charge on any atom is 0.229 e. The molecule has 4 nitrogen and oxygen atoms in total. The van der Waals surface area contributed by atoms with Gasteiger partial charge in [0.05, 0.1) is 12.8 Å². The van der Waals surface area contributed by atoms with Crippen LogP contribution in [0.3, 0.4) is 0 Å². The van der Waals surface area contributed by atoms with Crippen molar-refractivity contribution >= 4 is 11.6 Å². The lowest BCUT2D eigenvalue weighted by atomic mass is 10.2. The van der Waals surface area contributed by atoms with Gasteiger partial charge in [-0.05, 0) is 23.7 Å². The molecule has 0 aliphatic heterocycles. The highest BCUT2D eigenvalue weighted by Gasteiger charge is 2.18. The van der Waals surface area contributed by atoms with Crippen molar-refractivity contribution < 1.29 is 9.13 Å². The number of nitrogens with zero attached hydrogens (tertiary/aromatic N) is 3. The Balaban J connectivity index is 2.64. The molecule has 2 rings (SSSR count). The van der Waals surface area contributed by atoms with E-state index in [2.05, 4.69) is 10.2 Å². The quantitative estimate of drug-likeness (QED) is 0.859. The zero-order valence-corrected chi connectivity index (χ0v) is 11.1. The molecule has 0 atom stereocenters. The highest BCUT2D eigenvalue weighted by Crippen LogP contribution is 2.26. The van der Waals surface area contributed by atoms with Gasteiger partial charge in [0.2, 0.25) is 5.28 Å². The standard InChI is InChI=1S/C12H13ClFN3O/c1-7(2)11-15-16-12(13)17(11)10-6-8(18-3)4-5-9(10)14/h4-7H,1-3H3. The summed E-state index contributed by atoms with van der Waals surface area (Å²) in [5, 5.41) is 7.87. The normalized spacial score (nSPS) is 11.0. The molecule has 0 aliphatic carbocycles. The first-order chi connectivity index (χ1) is 8.54. The fraction of sp³-hybridized carbons (Fsp3) is 0.333. The number of hydrogen-bond donors (Lipinski definition) is 0. The van der Waals surface area contributed by atoms with Crippen LogP contribution in [0.4, 0.5) is 4.39 Å². The number of benzene rings is 1. The van der Waals surface area contributed by atoms with E-state index in [0.717, 1.165) is 0 Å². The van der Waals surface area contributed by atoms with Crippen molar-refractivity contribution in [3.05, 3.63) is 35.1 Å². The smallest absolute Gasteiger partial charge is 0.229 e. The molecule has 1 aromatic heterocycles. The van der Waals surface area contributed by atoms with E-state index in [1.165, 1.54) is 17.7 Å². The summed E-state index contributed by atoms with van der Waals surface area (Å²) in [7, 11) is 1.52. The second kappa shape index (κ2) is 4.94. The van der Waals surface area contributed by atoms with Crippen LogP contribution >= 0.6 is 11.6 Å². The highest BCUT2D eigenvalue weighted by atomic mass is 35.5. The van der Waals surface area contributed by atoms with Crippen LogP contribution in [0.1, 0.15) is 25.6 Å². The molecule has 96 valence electrons. The molecule has 2 aromatic rings. The Morgan fingerprint density at radius 2 is 2.06 bits per heavy atom. The lowest BCUT2D eigenvalue weighted by Gasteiger charge is -2.12. The summed E-state index contributed by atoms with van der Waals surface area (Å²) in [5.74, 6) is 0.827. The lowest BCUT2D eigenvalue weighted by molar-refractivity contribution is 0.413. The van der Waals surface area contributed by atoms with Gasteiger partial charge in [0.15, 0.2) is 0 Å². The monoisotopic (exact) mass is 269 g/mol. The average Bonchev–Trinajstić information content (AvgIpc) is 2.72. The number of hydrogen-bond acceptors (Lipinski definition) is 3. The molecule has 1 heterocycles. The molecule has 0 fully saturated rings. The van der Waals surface area contributed by atoms with Crippen LogP contribution in [0.5, 0.6) is 5.75 Å². The van der Waals surface area contributed by atoms with Crippen molar-refractivity contribution in [3.8, 4) is 11.4 Å². The molecular weight excluding hydrogens is 257 g/mol. The number of ether oxygens (including phenoxy) is 1. The van der Waals surface area contributed by atoms with E-state index in [-0.39, 0.29) is 16.9 Å². The summed E-state index contributed by atoms with van der Waals surface area (Å²) >= 11 is 5.97. The van der Waals surface area contributed by atoms with Crippen molar-refractivity contribution in [3.63, 3.8) is 0 Å².